The number of nitro groups is 1. The number of ether oxygens (including phenoxy) is 3. The largest absolute Gasteiger partial charge is 0.494 e. The highest BCUT2D eigenvalue weighted by molar-refractivity contribution is 6.24. The van der Waals surface area contributed by atoms with Gasteiger partial charge in [0.1, 0.15) is 18.3 Å². The monoisotopic (exact) mass is 623 g/mol. The van der Waals surface area contributed by atoms with Crippen LogP contribution in [0.1, 0.15) is 37.4 Å². The van der Waals surface area contributed by atoms with Crippen molar-refractivity contribution in [3.8, 4) is 17.2 Å². The van der Waals surface area contributed by atoms with Gasteiger partial charge in [-0.05, 0) is 66.9 Å². The third kappa shape index (κ3) is 5.96. The van der Waals surface area contributed by atoms with E-state index in [1.807, 2.05) is 44.2 Å². The highest BCUT2D eigenvalue weighted by Crippen LogP contribution is 2.49. The van der Waals surface area contributed by atoms with E-state index in [1.54, 1.807) is 48.5 Å². The molecule has 0 radical (unpaired) electrons. The van der Waals surface area contributed by atoms with Crippen molar-refractivity contribution in [2.24, 2.45) is 5.92 Å². The Kier molecular flexibility index (Phi) is 8.84. The van der Waals surface area contributed by atoms with E-state index in [-0.39, 0.29) is 5.69 Å². The SMILES string of the molecule is CCCOc1ccc(N2C(=O)[C@@H]3[C@@H](c4ccc(OCc5ccccc5)c(OCC)c4)N(c4cccc([N+](=O)[O-])c4)O[C@H]3C2=O)cc1. The van der Waals surface area contributed by atoms with Crippen LogP contribution in [-0.2, 0) is 21.0 Å². The number of nitro benzene ring substituents is 1. The molecule has 4 aromatic carbocycles. The molecule has 3 atom stereocenters. The van der Waals surface area contributed by atoms with Gasteiger partial charge in [-0.25, -0.2) is 9.96 Å². The molecule has 2 aliphatic heterocycles. The van der Waals surface area contributed by atoms with Crippen molar-refractivity contribution in [3.63, 3.8) is 0 Å². The quantitative estimate of drug-likeness (QED) is 0.100. The van der Waals surface area contributed by atoms with Crippen molar-refractivity contribution in [1.29, 1.82) is 0 Å². The van der Waals surface area contributed by atoms with Crippen molar-refractivity contribution in [1.82, 2.24) is 0 Å². The molecule has 0 aromatic heterocycles. The Labute approximate surface area is 266 Å². The molecule has 2 fully saturated rings. The third-order valence-corrected chi connectivity index (χ3v) is 7.82. The average molecular weight is 624 g/mol. The number of imide groups is 1. The molecule has 2 heterocycles. The van der Waals surface area contributed by atoms with Gasteiger partial charge in [-0.2, -0.15) is 0 Å². The van der Waals surface area contributed by atoms with Crippen molar-refractivity contribution in [2.75, 3.05) is 23.2 Å². The van der Waals surface area contributed by atoms with Gasteiger partial charge in [-0.1, -0.05) is 49.4 Å². The number of amides is 2. The Morgan fingerprint density at radius 2 is 1.59 bits per heavy atom. The van der Waals surface area contributed by atoms with Crippen LogP contribution < -0.4 is 24.2 Å². The van der Waals surface area contributed by atoms with Crippen LogP contribution in [-0.4, -0.2) is 36.1 Å². The van der Waals surface area contributed by atoms with Crippen LogP contribution in [0.4, 0.5) is 17.1 Å². The zero-order valence-electron chi connectivity index (χ0n) is 25.4. The molecule has 0 aliphatic carbocycles. The van der Waals surface area contributed by atoms with Gasteiger partial charge >= 0.3 is 0 Å². The standard InChI is InChI=1S/C35H33N3O8/c1-3-19-44-28-16-14-25(15-17-28)36-34(39)31-32(37(46-33(31)35(36)40)26-11-8-12-27(21-26)38(41)42)24-13-18-29(30(20-24)43-4-2)45-22-23-9-6-5-7-10-23/h5-18,20-21,31-33H,3-4,19,22H2,1-2H3/t31-,32-,33-/m1/s1. The molecule has 2 saturated heterocycles. The number of carbonyl (C=O) groups is 2. The smallest absolute Gasteiger partial charge is 0.271 e. The van der Waals surface area contributed by atoms with Gasteiger partial charge in [0, 0.05) is 12.1 Å². The third-order valence-electron chi connectivity index (χ3n) is 7.82. The van der Waals surface area contributed by atoms with Crippen LogP contribution >= 0.6 is 0 Å². The molecule has 2 aliphatic rings. The number of non-ortho nitro benzene ring substituents is 1. The van der Waals surface area contributed by atoms with Gasteiger partial charge in [0.2, 0.25) is 5.91 Å². The Morgan fingerprint density at radius 1 is 0.804 bits per heavy atom. The molecule has 0 saturated carbocycles. The lowest BCUT2D eigenvalue weighted by atomic mass is 9.90. The molecular formula is C35H33N3O8. The molecule has 46 heavy (non-hydrogen) atoms. The fourth-order valence-electron chi connectivity index (χ4n) is 5.72. The minimum atomic E-state index is -1.16. The van der Waals surface area contributed by atoms with Gasteiger partial charge in [0.15, 0.2) is 17.6 Å². The molecule has 0 bridgehead atoms. The maximum Gasteiger partial charge on any atom is 0.271 e. The number of anilines is 2. The lowest BCUT2D eigenvalue weighted by Gasteiger charge is -2.29. The zero-order chi connectivity index (χ0) is 32.2. The highest BCUT2D eigenvalue weighted by atomic mass is 16.7. The second-order valence-corrected chi connectivity index (χ2v) is 10.9. The minimum Gasteiger partial charge on any atom is -0.494 e. The molecule has 0 N–H and O–H groups in total. The summed E-state index contributed by atoms with van der Waals surface area (Å²) in [5.41, 5.74) is 2.18. The van der Waals surface area contributed by atoms with Crippen LogP contribution in [0.15, 0.2) is 97.1 Å². The zero-order valence-corrected chi connectivity index (χ0v) is 25.4. The van der Waals surface area contributed by atoms with Gasteiger partial charge in [0.25, 0.3) is 11.6 Å². The van der Waals surface area contributed by atoms with E-state index in [0.717, 1.165) is 16.9 Å². The van der Waals surface area contributed by atoms with Gasteiger partial charge < -0.3 is 14.2 Å². The van der Waals surface area contributed by atoms with Crippen LogP contribution in [0, 0.1) is 16.0 Å². The number of fused-ring (bicyclic) bond motifs is 1. The Hall–Kier alpha value is -5.42. The van der Waals surface area contributed by atoms with Crippen molar-refractivity contribution >= 4 is 28.9 Å². The first-order chi connectivity index (χ1) is 22.4. The Balaban J connectivity index is 1.37. The van der Waals surface area contributed by atoms with Crippen molar-refractivity contribution < 1.29 is 33.6 Å². The summed E-state index contributed by atoms with van der Waals surface area (Å²) in [6.45, 7) is 5.09. The van der Waals surface area contributed by atoms with E-state index in [0.29, 0.717) is 54.0 Å². The molecule has 236 valence electrons. The topological polar surface area (TPSA) is 121 Å². The van der Waals surface area contributed by atoms with Crippen LogP contribution in [0.2, 0.25) is 0 Å². The Bertz CT molecular complexity index is 1730. The predicted octanol–water partition coefficient (Wildman–Crippen LogP) is 6.41. The van der Waals surface area contributed by atoms with Crippen LogP contribution in [0.3, 0.4) is 0 Å². The lowest BCUT2D eigenvalue weighted by Crippen LogP contribution is -2.37. The maximum absolute atomic E-state index is 14.1. The summed E-state index contributed by atoms with van der Waals surface area (Å²) in [6, 6.07) is 26.9. The molecule has 4 aromatic rings. The second kappa shape index (κ2) is 13.3. The normalized spacial score (nSPS) is 18.9. The summed E-state index contributed by atoms with van der Waals surface area (Å²) in [5.74, 6) is -0.329. The molecular weight excluding hydrogens is 590 g/mol. The number of rotatable bonds is 12. The van der Waals surface area contributed by atoms with Gasteiger partial charge in [0.05, 0.1) is 35.6 Å². The summed E-state index contributed by atoms with van der Waals surface area (Å²) in [6.07, 6.45) is -0.309. The van der Waals surface area contributed by atoms with E-state index >= 15 is 0 Å². The number of hydrogen-bond acceptors (Lipinski definition) is 9. The Morgan fingerprint density at radius 3 is 2.30 bits per heavy atom. The summed E-state index contributed by atoms with van der Waals surface area (Å²) in [5, 5.41) is 13.0. The van der Waals surface area contributed by atoms with Gasteiger partial charge in [-0.15, -0.1) is 0 Å². The van der Waals surface area contributed by atoms with E-state index in [9.17, 15) is 19.7 Å². The summed E-state index contributed by atoms with van der Waals surface area (Å²) >= 11 is 0. The van der Waals surface area contributed by atoms with E-state index < -0.39 is 34.8 Å². The number of hydrogen-bond donors (Lipinski definition) is 0. The van der Waals surface area contributed by atoms with Crippen molar-refractivity contribution in [3.05, 3.63) is 118 Å². The molecule has 11 nitrogen and oxygen atoms in total. The fourth-order valence-corrected chi connectivity index (χ4v) is 5.72. The summed E-state index contributed by atoms with van der Waals surface area (Å²) in [4.78, 5) is 46.4. The fraction of sp³-hybridized carbons (Fsp3) is 0.257. The van der Waals surface area contributed by atoms with E-state index in [4.69, 9.17) is 19.0 Å². The predicted molar refractivity (Wildman–Crippen MR) is 170 cm³/mol. The maximum atomic E-state index is 14.1. The lowest BCUT2D eigenvalue weighted by molar-refractivity contribution is -0.384. The number of benzene rings is 4. The first-order valence-electron chi connectivity index (χ1n) is 15.1. The first kappa shape index (κ1) is 30.6. The molecule has 0 unspecified atom stereocenters. The summed E-state index contributed by atoms with van der Waals surface area (Å²) in [7, 11) is 0. The minimum absolute atomic E-state index is 0.152. The van der Waals surface area contributed by atoms with Crippen molar-refractivity contribution in [2.45, 2.75) is 39.0 Å². The number of carbonyl (C=O) groups excluding carboxylic acids is 2. The van der Waals surface area contributed by atoms with Crippen LogP contribution in [0.25, 0.3) is 0 Å². The van der Waals surface area contributed by atoms with Crippen LogP contribution in [0.5, 0.6) is 17.2 Å². The van der Waals surface area contributed by atoms with Gasteiger partial charge in [-0.3, -0.25) is 24.5 Å². The molecule has 11 heteroatoms. The molecule has 0 spiro atoms. The van der Waals surface area contributed by atoms with E-state index in [1.165, 1.54) is 23.3 Å². The molecule has 2 amide bonds. The number of hydroxylamine groups is 1. The van der Waals surface area contributed by atoms with E-state index in [2.05, 4.69) is 0 Å². The summed E-state index contributed by atoms with van der Waals surface area (Å²) < 4.78 is 17.7. The first-order valence-corrected chi connectivity index (χ1v) is 15.1. The highest BCUT2D eigenvalue weighted by Gasteiger charge is 2.60. The second-order valence-electron chi connectivity index (χ2n) is 10.9. The molecule has 6 rings (SSSR count). The average Bonchev–Trinajstić information content (AvgIpc) is 3.59. The number of nitrogens with zero attached hydrogens (tertiary/aromatic N) is 3.